The number of aliphatic hydroxyl groups excluding tert-OH is 2. The van der Waals surface area contributed by atoms with Gasteiger partial charge in [0.15, 0.2) is 0 Å². The van der Waals surface area contributed by atoms with E-state index in [1.54, 1.807) is 0 Å². The first-order valence-electron chi connectivity index (χ1n) is 4.71. The number of likely N-dealkylation sites (N-methyl/N-ethyl adjacent to an activating group) is 1. The van der Waals surface area contributed by atoms with Gasteiger partial charge < -0.3 is 15.1 Å². The summed E-state index contributed by atoms with van der Waals surface area (Å²) >= 11 is 0. The summed E-state index contributed by atoms with van der Waals surface area (Å²) in [4.78, 5) is 1.86. The maximum atomic E-state index is 8.34. The van der Waals surface area contributed by atoms with E-state index in [0.717, 1.165) is 0 Å². The first-order valence-corrected chi connectivity index (χ1v) is 4.71. The number of rotatable bonds is 4. The van der Waals surface area contributed by atoms with Crippen molar-refractivity contribution in [3.8, 4) is 0 Å². The van der Waals surface area contributed by atoms with Gasteiger partial charge in [0.25, 0.3) is 0 Å². The summed E-state index contributed by atoms with van der Waals surface area (Å²) < 4.78 is 0. The maximum Gasteiger partial charge on any atom is 0.0558 e. The molecule has 0 amide bonds. The fourth-order valence-electron chi connectivity index (χ4n) is 0.453. The van der Waals surface area contributed by atoms with Crippen LogP contribution in [0, 0.1) is 0 Å². The van der Waals surface area contributed by atoms with E-state index in [1.165, 1.54) is 0 Å². The van der Waals surface area contributed by atoms with Gasteiger partial charge in [0, 0.05) is 13.1 Å². The van der Waals surface area contributed by atoms with Crippen LogP contribution >= 0.6 is 0 Å². The molecule has 0 aromatic heterocycles. The molecule has 0 spiro atoms. The maximum absolute atomic E-state index is 8.34. The third-order valence-corrected chi connectivity index (χ3v) is 0.963. The SMILES string of the molecule is CC.CC.CN(CCO)CCO. The molecule has 0 heterocycles. The lowest BCUT2D eigenvalue weighted by molar-refractivity contribution is 0.184. The van der Waals surface area contributed by atoms with Crippen molar-refractivity contribution < 1.29 is 10.2 Å². The zero-order chi connectivity index (χ0) is 10.4. The van der Waals surface area contributed by atoms with Crippen molar-refractivity contribution in [2.24, 2.45) is 0 Å². The third-order valence-electron chi connectivity index (χ3n) is 0.963. The largest absolute Gasteiger partial charge is 0.395 e. The second-order valence-corrected chi connectivity index (χ2v) is 1.75. The molecular weight excluding hydrogens is 154 g/mol. The third kappa shape index (κ3) is 22.5. The first kappa shape index (κ1) is 17.8. The molecule has 0 saturated carbocycles. The van der Waals surface area contributed by atoms with Gasteiger partial charge >= 0.3 is 0 Å². The Morgan fingerprint density at radius 3 is 1.25 bits per heavy atom. The lowest BCUT2D eigenvalue weighted by Crippen LogP contribution is -2.25. The molecule has 0 aliphatic carbocycles. The molecule has 0 aromatic rings. The number of hydrogen-bond acceptors (Lipinski definition) is 3. The van der Waals surface area contributed by atoms with Crippen LogP contribution in [0.15, 0.2) is 0 Å². The molecule has 0 atom stereocenters. The van der Waals surface area contributed by atoms with Gasteiger partial charge in [0.05, 0.1) is 13.2 Å². The number of nitrogens with zero attached hydrogens (tertiary/aromatic N) is 1. The van der Waals surface area contributed by atoms with Crippen molar-refractivity contribution in [3.05, 3.63) is 0 Å². The smallest absolute Gasteiger partial charge is 0.0558 e. The average Bonchev–Trinajstić information content (AvgIpc) is 2.12. The van der Waals surface area contributed by atoms with Crippen LogP contribution in [-0.4, -0.2) is 48.5 Å². The van der Waals surface area contributed by atoms with Crippen LogP contribution in [0.1, 0.15) is 27.7 Å². The monoisotopic (exact) mass is 179 g/mol. The highest BCUT2D eigenvalue weighted by Gasteiger charge is 1.91. The molecule has 0 aromatic carbocycles. The molecule has 0 radical (unpaired) electrons. The van der Waals surface area contributed by atoms with Crippen LogP contribution in [-0.2, 0) is 0 Å². The summed E-state index contributed by atoms with van der Waals surface area (Å²) in [6.07, 6.45) is 0. The molecule has 0 aliphatic heterocycles. The average molecular weight is 179 g/mol. The summed E-state index contributed by atoms with van der Waals surface area (Å²) in [5.41, 5.74) is 0. The summed E-state index contributed by atoms with van der Waals surface area (Å²) in [5.74, 6) is 0. The molecule has 0 fully saturated rings. The molecule has 0 saturated heterocycles. The first-order chi connectivity index (χ1) is 5.81. The Morgan fingerprint density at radius 1 is 0.833 bits per heavy atom. The van der Waals surface area contributed by atoms with Gasteiger partial charge in [0.1, 0.15) is 0 Å². The minimum atomic E-state index is 0.163. The molecule has 12 heavy (non-hydrogen) atoms. The van der Waals surface area contributed by atoms with Crippen molar-refractivity contribution in [2.75, 3.05) is 33.4 Å². The highest BCUT2D eigenvalue weighted by atomic mass is 16.3. The standard InChI is InChI=1S/C5H13NO2.2C2H6/c1-6(2-4-7)3-5-8;2*1-2/h7-8H,2-5H2,1H3;2*1-2H3. The van der Waals surface area contributed by atoms with Crippen molar-refractivity contribution >= 4 is 0 Å². The normalized spacial score (nSPS) is 8.00. The van der Waals surface area contributed by atoms with Gasteiger partial charge in [-0.1, -0.05) is 27.7 Å². The highest BCUT2D eigenvalue weighted by molar-refractivity contribution is 4.45. The quantitative estimate of drug-likeness (QED) is 0.675. The summed E-state index contributed by atoms with van der Waals surface area (Å²) in [6, 6.07) is 0. The molecule has 2 N–H and O–H groups in total. The van der Waals surface area contributed by atoms with Crippen molar-refractivity contribution in [1.29, 1.82) is 0 Å². The van der Waals surface area contributed by atoms with Crippen LogP contribution in [0.5, 0.6) is 0 Å². The number of aliphatic hydroxyl groups is 2. The van der Waals surface area contributed by atoms with Crippen LogP contribution in [0.3, 0.4) is 0 Å². The highest BCUT2D eigenvalue weighted by Crippen LogP contribution is 1.76. The molecule has 3 heteroatoms. The fourth-order valence-corrected chi connectivity index (χ4v) is 0.453. The molecule has 0 bridgehead atoms. The molecule has 78 valence electrons. The number of hydrogen-bond donors (Lipinski definition) is 2. The van der Waals surface area contributed by atoms with E-state index < -0.39 is 0 Å². The Bertz CT molecular complexity index is 45.8. The summed E-state index contributed by atoms with van der Waals surface area (Å²) in [6.45, 7) is 9.61. The summed E-state index contributed by atoms with van der Waals surface area (Å²) in [5, 5.41) is 16.7. The zero-order valence-electron chi connectivity index (χ0n) is 9.17. The zero-order valence-corrected chi connectivity index (χ0v) is 9.17. The molecule has 0 rings (SSSR count). The predicted octanol–water partition coefficient (Wildman–Crippen LogP) is 0.955. The van der Waals surface area contributed by atoms with E-state index in [0.29, 0.717) is 13.1 Å². The van der Waals surface area contributed by atoms with Crippen molar-refractivity contribution in [1.82, 2.24) is 4.90 Å². The Morgan fingerprint density at radius 2 is 1.08 bits per heavy atom. The van der Waals surface area contributed by atoms with E-state index in [-0.39, 0.29) is 13.2 Å². The van der Waals surface area contributed by atoms with E-state index in [2.05, 4.69) is 0 Å². The van der Waals surface area contributed by atoms with E-state index >= 15 is 0 Å². The minimum Gasteiger partial charge on any atom is -0.395 e. The van der Waals surface area contributed by atoms with Crippen LogP contribution < -0.4 is 0 Å². The molecule has 0 unspecified atom stereocenters. The van der Waals surface area contributed by atoms with Gasteiger partial charge in [-0.15, -0.1) is 0 Å². The fraction of sp³-hybridized carbons (Fsp3) is 1.00. The van der Waals surface area contributed by atoms with Crippen LogP contribution in [0.25, 0.3) is 0 Å². The Labute approximate surface area is 77.0 Å². The second-order valence-electron chi connectivity index (χ2n) is 1.75. The second kappa shape index (κ2) is 22.4. The Hall–Kier alpha value is -0.120. The van der Waals surface area contributed by atoms with Crippen LogP contribution in [0.2, 0.25) is 0 Å². The Balaban J connectivity index is -0.000000175. The van der Waals surface area contributed by atoms with Gasteiger partial charge in [-0.05, 0) is 7.05 Å². The summed E-state index contributed by atoms with van der Waals surface area (Å²) in [7, 11) is 1.85. The Kier molecular flexibility index (Phi) is 33.3. The van der Waals surface area contributed by atoms with E-state index in [1.807, 2.05) is 39.6 Å². The van der Waals surface area contributed by atoms with Gasteiger partial charge in [0.2, 0.25) is 0 Å². The van der Waals surface area contributed by atoms with Gasteiger partial charge in [-0.3, -0.25) is 0 Å². The lowest BCUT2D eigenvalue weighted by Gasteiger charge is -2.11. The topological polar surface area (TPSA) is 43.7 Å². The molecular formula is C9H25NO2. The van der Waals surface area contributed by atoms with Crippen molar-refractivity contribution in [3.63, 3.8) is 0 Å². The lowest BCUT2D eigenvalue weighted by atomic mass is 10.5. The predicted molar refractivity (Wildman–Crippen MR) is 54.4 cm³/mol. The van der Waals surface area contributed by atoms with Gasteiger partial charge in [-0.25, -0.2) is 0 Å². The molecule has 3 nitrogen and oxygen atoms in total. The van der Waals surface area contributed by atoms with Gasteiger partial charge in [-0.2, -0.15) is 0 Å². The van der Waals surface area contributed by atoms with E-state index in [4.69, 9.17) is 10.2 Å². The van der Waals surface area contributed by atoms with E-state index in [9.17, 15) is 0 Å². The van der Waals surface area contributed by atoms with Crippen LogP contribution in [0.4, 0.5) is 0 Å². The minimum absolute atomic E-state index is 0.163. The van der Waals surface area contributed by atoms with Crippen molar-refractivity contribution in [2.45, 2.75) is 27.7 Å². The molecule has 0 aliphatic rings.